The highest BCUT2D eigenvalue weighted by atomic mass is 32.1. The summed E-state index contributed by atoms with van der Waals surface area (Å²) in [4.78, 5) is 31.8. The van der Waals surface area contributed by atoms with Gasteiger partial charge in [0.05, 0.1) is 16.8 Å². The number of para-hydroxylation sites is 1. The zero-order valence-electron chi connectivity index (χ0n) is 17.5. The largest absolute Gasteiger partial charge is 0.477 e. The molecule has 5 rings (SSSR count). The summed E-state index contributed by atoms with van der Waals surface area (Å²) < 4.78 is 1.81. The molecule has 0 radical (unpaired) electrons. The molecule has 0 unspecified atom stereocenters. The second kappa shape index (κ2) is 8.33. The smallest absolute Gasteiger partial charge is 0.346 e. The molecular formula is C25H18N4O3S. The highest BCUT2D eigenvalue weighted by Gasteiger charge is 2.18. The lowest BCUT2D eigenvalue weighted by Crippen LogP contribution is -2.09. The molecule has 7 nitrogen and oxygen atoms in total. The van der Waals surface area contributed by atoms with E-state index in [4.69, 9.17) is 5.10 Å². The van der Waals surface area contributed by atoms with Crippen LogP contribution in [0.25, 0.3) is 39.3 Å². The van der Waals surface area contributed by atoms with Gasteiger partial charge in [0.1, 0.15) is 15.5 Å². The Morgan fingerprint density at radius 2 is 1.76 bits per heavy atom. The van der Waals surface area contributed by atoms with E-state index in [2.05, 4.69) is 9.97 Å². The van der Waals surface area contributed by atoms with Crippen molar-refractivity contribution in [2.75, 3.05) is 0 Å². The first-order chi connectivity index (χ1) is 16.0. The Balaban J connectivity index is 1.59. The molecule has 2 N–H and O–H groups in total. The van der Waals surface area contributed by atoms with E-state index < -0.39 is 5.97 Å². The molecule has 0 saturated heterocycles. The molecule has 5 aromatic rings. The van der Waals surface area contributed by atoms with Crippen LogP contribution in [0.15, 0.2) is 71.7 Å². The standard InChI is InChI=1S/C25H18N4O3S/c1-15-20-23(30)26-19(27-24(20)33-22(15)25(31)32)13-12-17-14-29(18-10-6-3-7-11-18)28-21(17)16-8-4-2-5-9-16/h2-14H,1H3,(H,31,32)(H,26,27,30). The van der Waals surface area contributed by atoms with Crippen LogP contribution < -0.4 is 5.56 Å². The number of aromatic amines is 1. The normalized spacial score (nSPS) is 11.4. The zero-order chi connectivity index (χ0) is 22.9. The van der Waals surface area contributed by atoms with Crippen molar-refractivity contribution in [2.24, 2.45) is 0 Å². The Hall–Kier alpha value is -4.30. The van der Waals surface area contributed by atoms with Gasteiger partial charge in [-0.05, 0) is 36.8 Å². The summed E-state index contributed by atoms with van der Waals surface area (Å²) in [5, 5.41) is 14.5. The maximum absolute atomic E-state index is 12.6. The number of aromatic carboxylic acids is 1. The van der Waals surface area contributed by atoms with Gasteiger partial charge in [0.15, 0.2) is 0 Å². The molecule has 3 aromatic heterocycles. The van der Waals surface area contributed by atoms with Crippen LogP contribution in [0, 0.1) is 6.92 Å². The minimum Gasteiger partial charge on any atom is -0.477 e. The number of carboxylic acid groups (broad SMARTS) is 1. The third-order valence-corrected chi connectivity index (χ3v) is 6.42. The van der Waals surface area contributed by atoms with Crippen molar-refractivity contribution in [3.05, 3.63) is 99.0 Å². The third-order valence-electron chi connectivity index (χ3n) is 5.24. The Labute approximate surface area is 192 Å². The third kappa shape index (κ3) is 3.88. The van der Waals surface area contributed by atoms with E-state index in [1.54, 1.807) is 13.0 Å². The number of benzene rings is 2. The first-order valence-electron chi connectivity index (χ1n) is 10.2. The van der Waals surface area contributed by atoms with Crippen molar-refractivity contribution in [3.8, 4) is 16.9 Å². The van der Waals surface area contributed by atoms with Gasteiger partial charge < -0.3 is 10.1 Å². The molecule has 0 amide bonds. The van der Waals surface area contributed by atoms with Crippen LogP contribution >= 0.6 is 11.3 Å². The summed E-state index contributed by atoms with van der Waals surface area (Å²) in [6.45, 7) is 1.62. The average molecular weight is 455 g/mol. The van der Waals surface area contributed by atoms with Gasteiger partial charge in [-0.3, -0.25) is 4.79 Å². The number of H-pyrrole nitrogens is 1. The zero-order valence-corrected chi connectivity index (χ0v) is 18.3. The van der Waals surface area contributed by atoms with Crippen molar-refractivity contribution in [1.82, 2.24) is 19.7 Å². The van der Waals surface area contributed by atoms with Gasteiger partial charge in [-0.25, -0.2) is 14.5 Å². The van der Waals surface area contributed by atoms with Crippen LogP contribution in [0.1, 0.15) is 26.6 Å². The summed E-state index contributed by atoms with van der Waals surface area (Å²) in [5.74, 6) is -0.718. The number of aryl methyl sites for hydroxylation is 1. The Bertz CT molecular complexity index is 1560. The number of thiophene rings is 1. The van der Waals surface area contributed by atoms with Crippen molar-refractivity contribution >= 4 is 39.7 Å². The number of aromatic nitrogens is 4. The number of carbonyl (C=O) groups is 1. The summed E-state index contributed by atoms with van der Waals surface area (Å²) in [7, 11) is 0. The molecule has 0 bridgehead atoms. The van der Waals surface area contributed by atoms with Crippen molar-refractivity contribution in [3.63, 3.8) is 0 Å². The fourth-order valence-electron chi connectivity index (χ4n) is 3.65. The predicted octanol–water partition coefficient (Wildman–Crippen LogP) is 5.01. The average Bonchev–Trinajstić information content (AvgIpc) is 3.40. The molecule has 0 aliphatic carbocycles. The lowest BCUT2D eigenvalue weighted by atomic mass is 10.1. The monoisotopic (exact) mass is 454 g/mol. The fourth-order valence-corrected chi connectivity index (χ4v) is 4.68. The van der Waals surface area contributed by atoms with E-state index in [1.165, 1.54) is 0 Å². The molecule has 33 heavy (non-hydrogen) atoms. The minimum absolute atomic E-state index is 0.125. The number of rotatable bonds is 5. The van der Waals surface area contributed by atoms with E-state index in [0.29, 0.717) is 21.6 Å². The Morgan fingerprint density at radius 3 is 2.45 bits per heavy atom. The van der Waals surface area contributed by atoms with Crippen LogP contribution in [0.4, 0.5) is 0 Å². The molecule has 0 spiro atoms. The van der Waals surface area contributed by atoms with E-state index in [9.17, 15) is 14.7 Å². The highest BCUT2D eigenvalue weighted by molar-refractivity contribution is 7.20. The predicted molar refractivity (Wildman–Crippen MR) is 130 cm³/mol. The van der Waals surface area contributed by atoms with Gasteiger partial charge in [0.2, 0.25) is 0 Å². The second-order valence-electron chi connectivity index (χ2n) is 7.41. The molecule has 8 heteroatoms. The van der Waals surface area contributed by atoms with Crippen molar-refractivity contribution in [2.45, 2.75) is 6.92 Å². The topological polar surface area (TPSA) is 101 Å². The summed E-state index contributed by atoms with van der Waals surface area (Å²) in [6.07, 6.45) is 5.47. The minimum atomic E-state index is -1.06. The molecule has 162 valence electrons. The maximum atomic E-state index is 12.6. The number of nitrogens with one attached hydrogen (secondary N) is 1. The quantitative estimate of drug-likeness (QED) is 0.389. The summed E-state index contributed by atoms with van der Waals surface area (Å²) in [6, 6.07) is 19.6. The number of hydrogen-bond acceptors (Lipinski definition) is 5. The van der Waals surface area contributed by atoms with Gasteiger partial charge in [0.25, 0.3) is 5.56 Å². The SMILES string of the molecule is Cc1c(C(=O)O)sc2nc(C=Cc3cn(-c4ccccc4)nc3-c3ccccc3)[nH]c(=O)c12. The van der Waals surface area contributed by atoms with Crippen LogP contribution in [-0.2, 0) is 0 Å². The number of fused-ring (bicyclic) bond motifs is 1. The van der Waals surface area contributed by atoms with Crippen molar-refractivity contribution < 1.29 is 9.90 Å². The first kappa shape index (κ1) is 20.6. The molecular weight excluding hydrogens is 436 g/mol. The van der Waals surface area contributed by atoms with Crippen LogP contribution in [0.2, 0.25) is 0 Å². The Morgan fingerprint density at radius 1 is 1.06 bits per heavy atom. The van der Waals surface area contributed by atoms with Crippen LogP contribution in [0.3, 0.4) is 0 Å². The number of nitrogens with zero attached hydrogens (tertiary/aromatic N) is 3. The number of carboxylic acids is 1. The molecule has 0 atom stereocenters. The van der Waals surface area contributed by atoms with E-state index >= 15 is 0 Å². The van der Waals surface area contributed by atoms with Gasteiger partial charge in [-0.2, -0.15) is 5.10 Å². The van der Waals surface area contributed by atoms with Crippen LogP contribution in [-0.4, -0.2) is 30.8 Å². The van der Waals surface area contributed by atoms with Gasteiger partial charge in [-0.1, -0.05) is 48.5 Å². The van der Waals surface area contributed by atoms with Gasteiger partial charge >= 0.3 is 5.97 Å². The number of hydrogen-bond donors (Lipinski definition) is 2. The summed E-state index contributed by atoms with van der Waals surface area (Å²) >= 11 is 1.00. The van der Waals surface area contributed by atoms with Crippen molar-refractivity contribution in [1.29, 1.82) is 0 Å². The highest BCUT2D eigenvalue weighted by Crippen LogP contribution is 2.28. The molecule has 0 saturated carbocycles. The van der Waals surface area contributed by atoms with E-state index in [1.807, 2.05) is 77.6 Å². The lowest BCUT2D eigenvalue weighted by Gasteiger charge is -2.00. The van der Waals surface area contributed by atoms with Gasteiger partial charge in [-0.15, -0.1) is 11.3 Å². The Kier molecular flexibility index (Phi) is 5.20. The molecule has 2 aromatic carbocycles. The van der Waals surface area contributed by atoms with Crippen LogP contribution in [0.5, 0.6) is 0 Å². The van der Waals surface area contributed by atoms with E-state index in [0.717, 1.165) is 33.8 Å². The molecule has 0 aliphatic heterocycles. The summed E-state index contributed by atoms with van der Waals surface area (Å²) in [5.41, 5.74) is 3.60. The first-order valence-corrected chi connectivity index (χ1v) is 11.0. The van der Waals surface area contributed by atoms with E-state index in [-0.39, 0.29) is 10.4 Å². The molecule has 0 aliphatic rings. The fraction of sp³-hybridized carbons (Fsp3) is 0.0400. The molecule has 3 heterocycles. The maximum Gasteiger partial charge on any atom is 0.346 e. The second-order valence-corrected chi connectivity index (χ2v) is 8.40. The molecule has 0 fully saturated rings. The van der Waals surface area contributed by atoms with Gasteiger partial charge in [0, 0.05) is 17.3 Å². The lowest BCUT2D eigenvalue weighted by molar-refractivity contribution is 0.0701.